The van der Waals surface area contributed by atoms with Crippen molar-refractivity contribution in [3.05, 3.63) is 58.9 Å². The van der Waals surface area contributed by atoms with E-state index in [0.717, 1.165) is 0 Å². The Labute approximate surface area is 121 Å². The Kier molecular flexibility index (Phi) is 4.32. The molecule has 2 N–H and O–H groups in total. The summed E-state index contributed by atoms with van der Waals surface area (Å²) >= 11 is 5.67. The van der Waals surface area contributed by atoms with Gasteiger partial charge in [-0.3, -0.25) is 9.59 Å². The van der Waals surface area contributed by atoms with Crippen LogP contribution >= 0.6 is 11.6 Å². The SMILES string of the molecule is CNC(=O)c1ccccc1NC(=O)c1ccc(Cl)nc1. The summed E-state index contributed by atoms with van der Waals surface area (Å²) in [6.45, 7) is 0. The van der Waals surface area contributed by atoms with Crippen LogP contribution in [0.3, 0.4) is 0 Å². The molecule has 0 saturated heterocycles. The fourth-order valence-corrected chi connectivity index (χ4v) is 1.74. The second-order valence-electron chi connectivity index (χ2n) is 3.95. The van der Waals surface area contributed by atoms with Crippen molar-refractivity contribution in [3.8, 4) is 0 Å². The van der Waals surface area contributed by atoms with Crippen LogP contribution in [0.25, 0.3) is 0 Å². The lowest BCUT2D eigenvalue weighted by Gasteiger charge is -2.09. The van der Waals surface area contributed by atoms with Crippen LogP contribution in [-0.2, 0) is 0 Å². The summed E-state index contributed by atoms with van der Waals surface area (Å²) in [6.07, 6.45) is 1.38. The summed E-state index contributed by atoms with van der Waals surface area (Å²) < 4.78 is 0. The Balaban J connectivity index is 2.24. The first-order valence-corrected chi connectivity index (χ1v) is 6.23. The highest BCUT2D eigenvalue weighted by molar-refractivity contribution is 6.29. The van der Waals surface area contributed by atoms with Crippen LogP contribution in [0.5, 0.6) is 0 Å². The third kappa shape index (κ3) is 3.13. The van der Waals surface area contributed by atoms with Gasteiger partial charge in [-0.1, -0.05) is 23.7 Å². The quantitative estimate of drug-likeness (QED) is 0.852. The van der Waals surface area contributed by atoms with Gasteiger partial charge in [-0.05, 0) is 24.3 Å². The summed E-state index contributed by atoms with van der Waals surface area (Å²) in [5.41, 5.74) is 1.19. The topological polar surface area (TPSA) is 71.1 Å². The van der Waals surface area contributed by atoms with Crippen LogP contribution in [0.1, 0.15) is 20.7 Å². The first kappa shape index (κ1) is 14.0. The van der Waals surface area contributed by atoms with Crippen LogP contribution in [0, 0.1) is 0 Å². The molecule has 0 fully saturated rings. The molecule has 102 valence electrons. The fourth-order valence-electron chi connectivity index (χ4n) is 1.63. The number of pyridine rings is 1. The number of para-hydroxylation sites is 1. The van der Waals surface area contributed by atoms with Crippen molar-refractivity contribution >= 4 is 29.1 Å². The second kappa shape index (κ2) is 6.16. The molecule has 0 bridgehead atoms. The van der Waals surface area contributed by atoms with Crippen molar-refractivity contribution in [1.82, 2.24) is 10.3 Å². The first-order chi connectivity index (χ1) is 9.61. The van der Waals surface area contributed by atoms with E-state index in [0.29, 0.717) is 22.0 Å². The number of rotatable bonds is 3. The molecule has 5 nitrogen and oxygen atoms in total. The van der Waals surface area contributed by atoms with Gasteiger partial charge in [-0.25, -0.2) is 4.98 Å². The molecule has 0 radical (unpaired) electrons. The van der Waals surface area contributed by atoms with Crippen molar-refractivity contribution in [2.75, 3.05) is 12.4 Å². The monoisotopic (exact) mass is 289 g/mol. The highest BCUT2D eigenvalue weighted by Crippen LogP contribution is 2.16. The van der Waals surface area contributed by atoms with Gasteiger partial charge in [0.1, 0.15) is 5.15 Å². The molecule has 20 heavy (non-hydrogen) atoms. The largest absolute Gasteiger partial charge is 0.355 e. The lowest BCUT2D eigenvalue weighted by Crippen LogP contribution is -2.21. The van der Waals surface area contributed by atoms with Gasteiger partial charge in [0.05, 0.1) is 16.8 Å². The molecule has 0 spiro atoms. The molecule has 0 aliphatic heterocycles. The van der Waals surface area contributed by atoms with E-state index in [-0.39, 0.29) is 11.8 Å². The smallest absolute Gasteiger partial charge is 0.257 e. The number of benzene rings is 1. The molecule has 2 amide bonds. The fraction of sp³-hybridized carbons (Fsp3) is 0.0714. The average molecular weight is 290 g/mol. The van der Waals surface area contributed by atoms with Gasteiger partial charge < -0.3 is 10.6 Å². The van der Waals surface area contributed by atoms with Gasteiger partial charge in [0, 0.05) is 13.2 Å². The minimum atomic E-state index is -0.356. The molecule has 0 atom stereocenters. The minimum absolute atomic E-state index is 0.268. The zero-order valence-corrected chi connectivity index (χ0v) is 11.4. The third-order valence-electron chi connectivity index (χ3n) is 2.64. The molecule has 0 aliphatic carbocycles. The molecule has 1 heterocycles. The molecule has 0 unspecified atom stereocenters. The first-order valence-electron chi connectivity index (χ1n) is 5.86. The van der Waals surface area contributed by atoms with E-state index in [1.165, 1.54) is 19.3 Å². The highest BCUT2D eigenvalue weighted by Gasteiger charge is 2.13. The molecule has 0 aliphatic rings. The molecule has 1 aromatic carbocycles. The zero-order valence-electron chi connectivity index (χ0n) is 10.7. The highest BCUT2D eigenvalue weighted by atomic mass is 35.5. The normalized spacial score (nSPS) is 9.90. The van der Waals surface area contributed by atoms with E-state index < -0.39 is 0 Å². The number of nitrogens with zero attached hydrogens (tertiary/aromatic N) is 1. The average Bonchev–Trinajstić information content (AvgIpc) is 2.47. The van der Waals surface area contributed by atoms with Crippen LogP contribution in [0.4, 0.5) is 5.69 Å². The number of carbonyl (C=O) groups excluding carboxylic acids is 2. The van der Waals surface area contributed by atoms with Crippen molar-refractivity contribution in [2.24, 2.45) is 0 Å². The molecule has 2 aromatic rings. The van der Waals surface area contributed by atoms with Crippen molar-refractivity contribution in [2.45, 2.75) is 0 Å². The molecule has 1 aromatic heterocycles. The summed E-state index contributed by atoms with van der Waals surface area (Å²) in [5, 5.41) is 5.51. The van der Waals surface area contributed by atoms with Gasteiger partial charge in [-0.2, -0.15) is 0 Å². The van der Waals surface area contributed by atoms with Crippen LogP contribution in [0.15, 0.2) is 42.6 Å². The van der Waals surface area contributed by atoms with E-state index >= 15 is 0 Å². The minimum Gasteiger partial charge on any atom is -0.355 e. The number of carbonyl (C=O) groups is 2. The number of hydrogen-bond donors (Lipinski definition) is 2. The maximum absolute atomic E-state index is 12.1. The Morgan fingerprint density at radius 1 is 1.10 bits per heavy atom. The number of aromatic nitrogens is 1. The van der Waals surface area contributed by atoms with Gasteiger partial charge in [0.25, 0.3) is 11.8 Å². The van der Waals surface area contributed by atoms with Gasteiger partial charge in [0.15, 0.2) is 0 Å². The number of nitrogens with one attached hydrogen (secondary N) is 2. The summed E-state index contributed by atoms with van der Waals surface area (Å²) in [6, 6.07) is 9.85. The molecule has 2 rings (SSSR count). The number of halogens is 1. The molecular weight excluding hydrogens is 278 g/mol. The predicted octanol–water partition coefficient (Wildman–Crippen LogP) is 2.35. The Bertz CT molecular complexity index is 641. The van der Waals surface area contributed by atoms with Crippen LogP contribution in [0.2, 0.25) is 5.15 Å². The van der Waals surface area contributed by atoms with Crippen LogP contribution < -0.4 is 10.6 Å². The third-order valence-corrected chi connectivity index (χ3v) is 2.86. The summed E-state index contributed by atoms with van der Waals surface area (Å²) in [4.78, 5) is 27.6. The number of amides is 2. The maximum atomic E-state index is 12.1. The van der Waals surface area contributed by atoms with Crippen LogP contribution in [-0.4, -0.2) is 23.8 Å². The lowest BCUT2D eigenvalue weighted by molar-refractivity contribution is 0.0964. The standard InChI is InChI=1S/C14H12ClN3O2/c1-16-14(20)10-4-2-3-5-11(10)18-13(19)9-6-7-12(15)17-8-9/h2-8H,1H3,(H,16,20)(H,18,19). The van der Waals surface area contributed by atoms with E-state index in [9.17, 15) is 9.59 Å². The lowest BCUT2D eigenvalue weighted by atomic mass is 10.1. The van der Waals surface area contributed by atoms with E-state index in [1.807, 2.05) is 0 Å². The zero-order chi connectivity index (χ0) is 14.5. The molecule has 0 saturated carbocycles. The summed E-state index contributed by atoms with van der Waals surface area (Å²) in [7, 11) is 1.53. The molecule has 6 heteroatoms. The summed E-state index contributed by atoms with van der Waals surface area (Å²) in [5.74, 6) is -0.624. The van der Waals surface area contributed by atoms with Gasteiger partial charge in [-0.15, -0.1) is 0 Å². The van der Waals surface area contributed by atoms with Gasteiger partial charge >= 0.3 is 0 Å². The Hall–Kier alpha value is -2.40. The van der Waals surface area contributed by atoms with Crippen molar-refractivity contribution in [1.29, 1.82) is 0 Å². The second-order valence-corrected chi connectivity index (χ2v) is 4.34. The van der Waals surface area contributed by atoms with Gasteiger partial charge in [0.2, 0.25) is 0 Å². The number of anilines is 1. The number of hydrogen-bond acceptors (Lipinski definition) is 3. The maximum Gasteiger partial charge on any atom is 0.257 e. The van der Waals surface area contributed by atoms with Crippen molar-refractivity contribution in [3.63, 3.8) is 0 Å². The molecular formula is C14H12ClN3O2. The Morgan fingerprint density at radius 2 is 1.85 bits per heavy atom. The van der Waals surface area contributed by atoms with E-state index in [2.05, 4.69) is 15.6 Å². The Morgan fingerprint density at radius 3 is 2.50 bits per heavy atom. The van der Waals surface area contributed by atoms with E-state index in [4.69, 9.17) is 11.6 Å². The predicted molar refractivity (Wildman–Crippen MR) is 77.0 cm³/mol. The van der Waals surface area contributed by atoms with Crippen molar-refractivity contribution < 1.29 is 9.59 Å². The van der Waals surface area contributed by atoms with E-state index in [1.54, 1.807) is 30.3 Å².